The molecule has 0 bridgehead atoms. The molecule has 0 unspecified atom stereocenters. The number of nitrogens with zero attached hydrogens (tertiary/aromatic N) is 2. The number of nitrogens with one attached hydrogen (secondary N) is 1. The number of halogens is 1. The van der Waals surface area contributed by atoms with Crippen LogP contribution in [0.25, 0.3) is 0 Å². The highest BCUT2D eigenvalue weighted by Gasteiger charge is 2.35. The molecule has 1 aliphatic rings. The molecule has 5 nitrogen and oxygen atoms in total. The van der Waals surface area contributed by atoms with Crippen molar-refractivity contribution in [2.24, 2.45) is 0 Å². The highest BCUT2D eigenvalue weighted by atomic mass is 32.1. The maximum atomic E-state index is 13.4. The number of carbonyl (C=O) groups excluding carboxylic acids is 2. The summed E-state index contributed by atoms with van der Waals surface area (Å²) < 4.78 is 13.3. The first kappa shape index (κ1) is 22.0. The summed E-state index contributed by atoms with van der Waals surface area (Å²) in [6.07, 6.45) is 1.80. The zero-order valence-corrected chi connectivity index (χ0v) is 18.8. The number of urea groups is 1. The van der Waals surface area contributed by atoms with E-state index in [4.69, 9.17) is 0 Å². The molecule has 1 aliphatic carbocycles. The number of anilines is 1. The van der Waals surface area contributed by atoms with Crippen LogP contribution >= 0.6 is 11.3 Å². The van der Waals surface area contributed by atoms with Crippen LogP contribution in [0.3, 0.4) is 0 Å². The molecule has 32 heavy (non-hydrogen) atoms. The Balaban J connectivity index is 1.49. The van der Waals surface area contributed by atoms with E-state index in [-0.39, 0.29) is 30.3 Å². The maximum Gasteiger partial charge on any atom is 0.322 e. The highest BCUT2D eigenvalue weighted by Crippen LogP contribution is 2.28. The average Bonchev–Trinajstić information content (AvgIpc) is 3.55. The predicted octanol–water partition coefficient (Wildman–Crippen LogP) is 5.42. The molecular formula is C25H26FN3O2S. The normalized spacial score (nSPS) is 12.9. The Kier molecular flexibility index (Phi) is 6.85. The zero-order valence-electron chi connectivity index (χ0n) is 18.0. The fourth-order valence-corrected chi connectivity index (χ4v) is 4.42. The lowest BCUT2D eigenvalue weighted by Gasteiger charge is -2.28. The van der Waals surface area contributed by atoms with Gasteiger partial charge in [0.05, 0.1) is 6.54 Å². The van der Waals surface area contributed by atoms with E-state index in [1.807, 2.05) is 48.7 Å². The lowest BCUT2D eigenvalue weighted by atomic mass is 10.2. The van der Waals surface area contributed by atoms with Crippen LogP contribution in [0, 0.1) is 12.7 Å². The first-order valence-electron chi connectivity index (χ1n) is 10.7. The molecule has 0 saturated heterocycles. The molecule has 1 aromatic heterocycles. The van der Waals surface area contributed by atoms with Crippen LogP contribution in [0.5, 0.6) is 0 Å². The molecule has 0 radical (unpaired) electrons. The number of hydrogen-bond donors (Lipinski definition) is 1. The van der Waals surface area contributed by atoms with E-state index in [0.29, 0.717) is 18.8 Å². The smallest absolute Gasteiger partial charge is 0.322 e. The van der Waals surface area contributed by atoms with E-state index < -0.39 is 0 Å². The maximum absolute atomic E-state index is 13.4. The van der Waals surface area contributed by atoms with Gasteiger partial charge in [0, 0.05) is 23.2 Å². The van der Waals surface area contributed by atoms with Crippen molar-refractivity contribution in [1.82, 2.24) is 9.80 Å². The highest BCUT2D eigenvalue weighted by molar-refractivity contribution is 7.10. The Hall–Kier alpha value is -3.19. The summed E-state index contributed by atoms with van der Waals surface area (Å²) in [6, 6.07) is 17.3. The van der Waals surface area contributed by atoms with Crippen LogP contribution in [0.2, 0.25) is 0 Å². The van der Waals surface area contributed by atoms with Gasteiger partial charge in [0.15, 0.2) is 0 Å². The van der Waals surface area contributed by atoms with E-state index in [1.165, 1.54) is 12.1 Å². The fraction of sp³-hybridized carbons (Fsp3) is 0.280. The van der Waals surface area contributed by atoms with Crippen LogP contribution in [0.15, 0.2) is 66.0 Å². The second kappa shape index (κ2) is 9.96. The number of carbonyl (C=O) groups is 2. The average molecular weight is 452 g/mol. The second-order valence-corrected chi connectivity index (χ2v) is 9.06. The van der Waals surface area contributed by atoms with Gasteiger partial charge in [-0.15, -0.1) is 11.3 Å². The number of aryl methyl sites for hydroxylation is 1. The molecule has 0 spiro atoms. The molecule has 1 saturated carbocycles. The Morgan fingerprint density at radius 2 is 1.75 bits per heavy atom. The van der Waals surface area contributed by atoms with E-state index in [9.17, 15) is 14.0 Å². The molecule has 166 valence electrons. The zero-order chi connectivity index (χ0) is 22.5. The van der Waals surface area contributed by atoms with Gasteiger partial charge in [0.25, 0.3) is 0 Å². The summed E-state index contributed by atoms with van der Waals surface area (Å²) in [5.74, 6) is -0.435. The molecule has 3 amide bonds. The molecule has 4 rings (SSSR count). The van der Waals surface area contributed by atoms with E-state index in [0.717, 1.165) is 28.8 Å². The van der Waals surface area contributed by atoms with Crippen molar-refractivity contribution in [3.05, 3.63) is 87.9 Å². The van der Waals surface area contributed by atoms with Gasteiger partial charge < -0.3 is 15.1 Å². The van der Waals surface area contributed by atoms with Gasteiger partial charge >= 0.3 is 6.03 Å². The van der Waals surface area contributed by atoms with Crippen molar-refractivity contribution >= 4 is 29.0 Å². The predicted molar refractivity (Wildman–Crippen MR) is 125 cm³/mol. The topological polar surface area (TPSA) is 52.7 Å². The van der Waals surface area contributed by atoms with Gasteiger partial charge in [-0.3, -0.25) is 4.79 Å². The second-order valence-electron chi connectivity index (χ2n) is 8.06. The quantitative estimate of drug-likeness (QED) is 0.497. The largest absolute Gasteiger partial charge is 0.332 e. The summed E-state index contributed by atoms with van der Waals surface area (Å²) in [7, 11) is 0. The molecule has 7 heteroatoms. The van der Waals surface area contributed by atoms with E-state index >= 15 is 0 Å². The van der Waals surface area contributed by atoms with Crippen molar-refractivity contribution in [3.8, 4) is 0 Å². The minimum atomic E-state index is -0.307. The summed E-state index contributed by atoms with van der Waals surface area (Å²) in [6.45, 7) is 2.85. The molecule has 0 aliphatic heterocycles. The Morgan fingerprint density at radius 1 is 1.03 bits per heavy atom. The summed E-state index contributed by atoms with van der Waals surface area (Å²) in [5.41, 5.74) is 2.68. The number of benzene rings is 2. The molecule has 1 fully saturated rings. The minimum Gasteiger partial charge on any atom is -0.332 e. The third-order valence-electron chi connectivity index (χ3n) is 5.52. The SMILES string of the molecule is Cc1ccsc1CN(Cc1ccc(F)cc1)C(=O)CN(C(=O)Nc1ccccc1)C1CC1. The number of amides is 3. The van der Waals surface area contributed by atoms with Crippen LogP contribution in [-0.2, 0) is 17.9 Å². The Labute approximate surface area is 191 Å². The molecular weight excluding hydrogens is 425 g/mol. The van der Waals surface area contributed by atoms with Crippen LogP contribution in [0.1, 0.15) is 28.8 Å². The first-order valence-corrected chi connectivity index (χ1v) is 11.6. The summed E-state index contributed by atoms with van der Waals surface area (Å²) in [4.78, 5) is 30.8. The summed E-state index contributed by atoms with van der Waals surface area (Å²) >= 11 is 1.61. The molecule has 2 aromatic carbocycles. The number of hydrogen-bond acceptors (Lipinski definition) is 3. The lowest BCUT2D eigenvalue weighted by molar-refractivity contribution is -0.133. The number of para-hydroxylation sites is 1. The standard InChI is InChI=1S/C25H26FN3O2S/c1-18-13-14-32-23(18)16-28(15-19-7-9-20(26)10-8-19)24(30)17-29(22-11-12-22)25(31)27-21-5-3-2-4-6-21/h2-10,13-14,22H,11-12,15-17H2,1H3,(H,27,31). The van der Waals surface area contributed by atoms with Gasteiger partial charge in [-0.05, 0) is 66.6 Å². The van der Waals surface area contributed by atoms with Gasteiger partial charge in [0.1, 0.15) is 12.4 Å². The van der Waals surface area contributed by atoms with Crippen molar-refractivity contribution in [1.29, 1.82) is 0 Å². The van der Waals surface area contributed by atoms with Gasteiger partial charge in [-0.1, -0.05) is 30.3 Å². The van der Waals surface area contributed by atoms with Gasteiger partial charge in [0.2, 0.25) is 5.91 Å². The molecule has 3 aromatic rings. The number of thiophene rings is 1. The number of rotatable bonds is 8. The van der Waals surface area contributed by atoms with Crippen LogP contribution in [-0.4, -0.2) is 34.3 Å². The van der Waals surface area contributed by atoms with Gasteiger partial charge in [-0.25, -0.2) is 9.18 Å². The third kappa shape index (κ3) is 5.73. The lowest BCUT2D eigenvalue weighted by Crippen LogP contribution is -2.45. The first-order chi connectivity index (χ1) is 15.5. The van der Waals surface area contributed by atoms with Crippen molar-refractivity contribution in [2.75, 3.05) is 11.9 Å². The summed E-state index contributed by atoms with van der Waals surface area (Å²) in [5, 5.41) is 4.90. The van der Waals surface area contributed by atoms with E-state index in [2.05, 4.69) is 5.32 Å². The molecule has 1 heterocycles. The van der Waals surface area contributed by atoms with Crippen molar-refractivity contribution in [2.45, 2.75) is 38.9 Å². The molecule has 1 N–H and O–H groups in total. The van der Waals surface area contributed by atoms with Crippen LogP contribution < -0.4 is 5.32 Å². The van der Waals surface area contributed by atoms with Crippen molar-refractivity contribution < 1.29 is 14.0 Å². The fourth-order valence-electron chi connectivity index (χ4n) is 3.50. The third-order valence-corrected chi connectivity index (χ3v) is 6.53. The Morgan fingerprint density at radius 3 is 2.38 bits per heavy atom. The van der Waals surface area contributed by atoms with Gasteiger partial charge in [-0.2, -0.15) is 0 Å². The molecule has 0 atom stereocenters. The van der Waals surface area contributed by atoms with Crippen molar-refractivity contribution in [3.63, 3.8) is 0 Å². The Bertz CT molecular complexity index is 1060. The minimum absolute atomic E-state index is 0.00888. The van der Waals surface area contributed by atoms with E-state index in [1.54, 1.807) is 33.3 Å². The monoisotopic (exact) mass is 451 g/mol. The van der Waals surface area contributed by atoms with Crippen LogP contribution in [0.4, 0.5) is 14.9 Å².